The lowest BCUT2D eigenvalue weighted by atomic mass is 10.1. The summed E-state index contributed by atoms with van der Waals surface area (Å²) in [5, 5.41) is 2.74. The Morgan fingerprint density at radius 3 is 3.17 bits per heavy atom. The van der Waals surface area contributed by atoms with Gasteiger partial charge in [0.1, 0.15) is 5.82 Å². The molecule has 0 spiro atoms. The van der Waals surface area contributed by atoms with Crippen molar-refractivity contribution in [2.45, 2.75) is 6.42 Å². The monoisotopic (exact) mass is 163 g/mol. The predicted octanol–water partition coefficient (Wildman–Crippen LogP) is -0.0503. The standard InChI is InChI=1S/C8H9N3O/c9-7-2-1-5-6(11-7)3-4-10-8(5)12/h1-2H,3-4H2,(H2,9,11)(H,10,12). The molecule has 4 nitrogen and oxygen atoms in total. The third kappa shape index (κ3) is 1.01. The average molecular weight is 163 g/mol. The molecule has 3 N–H and O–H groups in total. The maximum atomic E-state index is 11.2. The van der Waals surface area contributed by atoms with E-state index < -0.39 is 0 Å². The van der Waals surface area contributed by atoms with Gasteiger partial charge in [-0.05, 0) is 12.1 Å². The number of carbonyl (C=O) groups excluding carboxylic acids is 1. The zero-order chi connectivity index (χ0) is 8.55. The molecule has 4 heteroatoms. The highest BCUT2D eigenvalue weighted by molar-refractivity contribution is 5.96. The topological polar surface area (TPSA) is 68.0 Å². The molecule has 12 heavy (non-hydrogen) atoms. The van der Waals surface area contributed by atoms with Gasteiger partial charge in [0.2, 0.25) is 0 Å². The summed E-state index contributed by atoms with van der Waals surface area (Å²) < 4.78 is 0. The van der Waals surface area contributed by atoms with Crippen LogP contribution in [0.4, 0.5) is 5.82 Å². The quantitative estimate of drug-likeness (QED) is 0.563. The number of anilines is 1. The molecule has 0 fully saturated rings. The number of nitrogens with two attached hydrogens (primary N) is 1. The van der Waals surface area contributed by atoms with Crippen LogP contribution in [0.1, 0.15) is 16.1 Å². The number of nitrogens with zero attached hydrogens (tertiary/aromatic N) is 1. The molecule has 1 aromatic heterocycles. The number of pyridine rings is 1. The molecule has 1 aliphatic rings. The Kier molecular flexibility index (Phi) is 1.46. The Morgan fingerprint density at radius 1 is 1.50 bits per heavy atom. The molecule has 1 aliphatic heterocycles. The van der Waals surface area contributed by atoms with E-state index in [9.17, 15) is 4.79 Å². The molecule has 0 radical (unpaired) electrons. The fourth-order valence-corrected chi connectivity index (χ4v) is 1.31. The third-order valence-corrected chi connectivity index (χ3v) is 1.89. The van der Waals surface area contributed by atoms with Crippen molar-refractivity contribution in [2.24, 2.45) is 0 Å². The van der Waals surface area contributed by atoms with Crippen LogP contribution in [0.2, 0.25) is 0 Å². The molecule has 0 bridgehead atoms. The van der Waals surface area contributed by atoms with Crippen LogP contribution in [-0.4, -0.2) is 17.4 Å². The van der Waals surface area contributed by atoms with Crippen molar-refractivity contribution < 1.29 is 4.79 Å². The normalized spacial score (nSPS) is 15.2. The predicted molar refractivity (Wildman–Crippen MR) is 44.7 cm³/mol. The maximum absolute atomic E-state index is 11.2. The molecule has 1 aromatic rings. The van der Waals surface area contributed by atoms with Gasteiger partial charge < -0.3 is 11.1 Å². The minimum atomic E-state index is -0.0521. The molecule has 0 saturated heterocycles. The van der Waals surface area contributed by atoms with Gasteiger partial charge in [-0.1, -0.05) is 0 Å². The van der Waals surface area contributed by atoms with Gasteiger partial charge in [-0.15, -0.1) is 0 Å². The second-order valence-corrected chi connectivity index (χ2v) is 2.74. The van der Waals surface area contributed by atoms with Gasteiger partial charge in [0.15, 0.2) is 0 Å². The van der Waals surface area contributed by atoms with Crippen LogP contribution in [0.5, 0.6) is 0 Å². The van der Waals surface area contributed by atoms with Crippen molar-refractivity contribution in [2.75, 3.05) is 12.3 Å². The van der Waals surface area contributed by atoms with E-state index in [1.165, 1.54) is 0 Å². The number of amides is 1. The van der Waals surface area contributed by atoms with E-state index in [4.69, 9.17) is 5.73 Å². The number of hydrogen-bond donors (Lipinski definition) is 2. The highest BCUT2D eigenvalue weighted by Crippen LogP contribution is 2.12. The molecule has 2 rings (SSSR count). The zero-order valence-corrected chi connectivity index (χ0v) is 6.50. The maximum Gasteiger partial charge on any atom is 0.253 e. The Balaban J connectivity index is 2.53. The van der Waals surface area contributed by atoms with Gasteiger partial charge >= 0.3 is 0 Å². The van der Waals surface area contributed by atoms with E-state index >= 15 is 0 Å². The molecule has 1 amide bonds. The zero-order valence-electron chi connectivity index (χ0n) is 6.50. The number of aromatic nitrogens is 1. The highest BCUT2D eigenvalue weighted by atomic mass is 16.1. The Bertz CT molecular complexity index is 335. The van der Waals surface area contributed by atoms with Gasteiger partial charge in [0.05, 0.1) is 11.3 Å². The summed E-state index contributed by atoms with van der Waals surface area (Å²) in [6.07, 6.45) is 0.770. The van der Waals surface area contributed by atoms with Gasteiger partial charge in [-0.3, -0.25) is 4.79 Å². The lowest BCUT2D eigenvalue weighted by Gasteiger charge is -2.14. The molecular formula is C8H9N3O. The van der Waals surface area contributed by atoms with Gasteiger partial charge in [0.25, 0.3) is 5.91 Å². The fourth-order valence-electron chi connectivity index (χ4n) is 1.31. The van der Waals surface area contributed by atoms with E-state index in [1.807, 2.05) is 0 Å². The van der Waals surface area contributed by atoms with E-state index in [0.717, 1.165) is 12.1 Å². The molecule has 0 unspecified atom stereocenters. The second-order valence-electron chi connectivity index (χ2n) is 2.74. The van der Waals surface area contributed by atoms with E-state index in [1.54, 1.807) is 12.1 Å². The van der Waals surface area contributed by atoms with Crippen LogP contribution in [0.15, 0.2) is 12.1 Å². The largest absolute Gasteiger partial charge is 0.384 e. The summed E-state index contributed by atoms with van der Waals surface area (Å²) in [5.74, 6) is 0.423. The summed E-state index contributed by atoms with van der Waals surface area (Å²) in [4.78, 5) is 15.3. The smallest absolute Gasteiger partial charge is 0.253 e. The molecule has 0 aromatic carbocycles. The van der Waals surface area contributed by atoms with Crippen LogP contribution >= 0.6 is 0 Å². The van der Waals surface area contributed by atoms with Crippen molar-refractivity contribution in [1.82, 2.24) is 10.3 Å². The SMILES string of the molecule is Nc1ccc2c(n1)CCNC2=O. The Labute approximate surface area is 69.8 Å². The number of nitrogen functional groups attached to an aromatic ring is 1. The first-order chi connectivity index (χ1) is 5.77. The lowest BCUT2D eigenvalue weighted by molar-refractivity contribution is 0.0945. The average Bonchev–Trinajstić information content (AvgIpc) is 2.04. The van der Waals surface area contributed by atoms with Gasteiger partial charge in [-0.2, -0.15) is 0 Å². The fraction of sp³-hybridized carbons (Fsp3) is 0.250. The van der Waals surface area contributed by atoms with Crippen LogP contribution in [0.3, 0.4) is 0 Å². The minimum Gasteiger partial charge on any atom is -0.384 e. The number of hydrogen-bond acceptors (Lipinski definition) is 3. The summed E-state index contributed by atoms with van der Waals surface area (Å²) in [7, 11) is 0. The summed E-state index contributed by atoms with van der Waals surface area (Å²) in [6.45, 7) is 0.655. The first-order valence-electron chi connectivity index (χ1n) is 3.81. The van der Waals surface area contributed by atoms with Crippen LogP contribution < -0.4 is 11.1 Å². The first-order valence-corrected chi connectivity index (χ1v) is 3.81. The highest BCUT2D eigenvalue weighted by Gasteiger charge is 2.16. The molecule has 0 aliphatic carbocycles. The van der Waals surface area contributed by atoms with E-state index in [-0.39, 0.29) is 5.91 Å². The Hall–Kier alpha value is -1.58. The molecule has 2 heterocycles. The summed E-state index contributed by atoms with van der Waals surface area (Å²) in [5.41, 5.74) is 6.94. The minimum absolute atomic E-state index is 0.0521. The number of nitrogens with one attached hydrogen (secondary N) is 1. The van der Waals surface area contributed by atoms with Crippen LogP contribution in [-0.2, 0) is 6.42 Å². The van der Waals surface area contributed by atoms with Crippen molar-refractivity contribution in [1.29, 1.82) is 0 Å². The molecular weight excluding hydrogens is 154 g/mol. The molecule has 0 saturated carbocycles. The number of rotatable bonds is 0. The Morgan fingerprint density at radius 2 is 2.33 bits per heavy atom. The van der Waals surface area contributed by atoms with Crippen molar-refractivity contribution >= 4 is 11.7 Å². The van der Waals surface area contributed by atoms with Crippen molar-refractivity contribution in [3.8, 4) is 0 Å². The first kappa shape index (κ1) is 7.09. The lowest BCUT2D eigenvalue weighted by Crippen LogP contribution is -2.32. The molecule has 0 atom stereocenters. The third-order valence-electron chi connectivity index (χ3n) is 1.89. The van der Waals surface area contributed by atoms with E-state index in [0.29, 0.717) is 17.9 Å². The number of carbonyl (C=O) groups is 1. The number of fused-ring (bicyclic) bond motifs is 1. The molecule has 62 valence electrons. The van der Waals surface area contributed by atoms with E-state index in [2.05, 4.69) is 10.3 Å². The van der Waals surface area contributed by atoms with Gasteiger partial charge in [-0.25, -0.2) is 4.98 Å². The van der Waals surface area contributed by atoms with Gasteiger partial charge in [0, 0.05) is 13.0 Å². The second kappa shape index (κ2) is 2.48. The van der Waals surface area contributed by atoms with Crippen LogP contribution in [0, 0.1) is 0 Å². The summed E-state index contributed by atoms with van der Waals surface area (Å²) in [6, 6.07) is 3.36. The van der Waals surface area contributed by atoms with Crippen molar-refractivity contribution in [3.05, 3.63) is 23.4 Å². The van der Waals surface area contributed by atoms with Crippen LogP contribution in [0.25, 0.3) is 0 Å². The summed E-state index contributed by atoms with van der Waals surface area (Å²) >= 11 is 0. The van der Waals surface area contributed by atoms with Crippen molar-refractivity contribution in [3.63, 3.8) is 0 Å².